The zero-order valence-electron chi connectivity index (χ0n) is 17.8. The van der Waals surface area contributed by atoms with E-state index in [9.17, 15) is 21.6 Å². The average Bonchev–Trinajstić information content (AvgIpc) is 3.21. The summed E-state index contributed by atoms with van der Waals surface area (Å²) in [5.41, 5.74) is 1.36. The number of benzene rings is 2. The predicted octanol–water partition coefficient (Wildman–Crippen LogP) is 4.69. The van der Waals surface area contributed by atoms with Crippen LogP contribution in [0.5, 0.6) is 5.75 Å². The number of hydrogen-bond acceptors (Lipinski definition) is 7. The Balaban J connectivity index is 1.82. The topological polar surface area (TPSA) is 112 Å². The number of rotatable bonds is 6. The maximum atomic E-state index is 13.2. The fourth-order valence-corrected chi connectivity index (χ4v) is 4.83. The van der Waals surface area contributed by atoms with Gasteiger partial charge in [0.25, 0.3) is 0 Å². The normalized spacial score (nSPS) is 12.7. The minimum Gasteiger partial charge on any atom is -0.489 e. The van der Waals surface area contributed by atoms with Gasteiger partial charge in [-0.1, -0.05) is 11.3 Å². The summed E-state index contributed by atoms with van der Waals surface area (Å²) >= 11 is 1.20. The Labute approximate surface area is 191 Å². The Morgan fingerprint density at radius 3 is 2.58 bits per heavy atom. The Bertz CT molecular complexity index is 1460. The van der Waals surface area contributed by atoms with Crippen LogP contribution in [0.3, 0.4) is 0 Å². The molecule has 2 heterocycles. The highest BCUT2D eigenvalue weighted by atomic mass is 32.2. The van der Waals surface area contributed by atoms with Crippen molar-refractivity contribution < 1.29 is 26.3 Å². The van der Waals surface area contributed by atoms with Crippen molar-refractivity contribution in [1.29, 1.82) is 0 Å². The van der Waals surface area contributed by atoms with E-state index in [1.165, 1.54) is 36.5 Å². The van der Waals surface area contributed by atoms with Gasteiger partial charge in [-0.25, -0.2) is 23.5 Å². The monoisotopic (exact) mass is 499 g/mol. The number of imidazole rings is 1. The minimum atomic E-state index is -4.42. The number of hydrogen-bond donors (Lipinski definition) is 2. The van der Waals surface area contributed by atoms with Crippen LogP contribution in [0.25, 0.3) is 21.3 Å². The SMILES string of the molecule is Cc1nc2ccc3sc(Nc4cc(S(N)(=O)=O)ccc4OC(C)C)nc3c2n1CC(F)(F)F. The molecule has 0 aliphatic rings. The standard InChI is InChI=1S/C20H20F3N5O3S2/c1-10(2)31-15-6-4-12(33(24,29)30)8-14(15)26-19-27-17-16(32-19)7-5-13-18(17)28(11(3)25-13)9-20(21,22)23/h4-8,10H,9H2,1-3H3,(H,26,27)(H2,24,29,30). The molecule has 13 heteroatoms. The lowest BCUT2D eigenvalue weighted by atomic mass is 10.3. The van der Waals surface area contributed by atoms with E-state index in [4.69, 9.17) is 9.88 Å². The second-order valence-electron chi connectivity index (χ2n) is 7.65. The van der Waals surface area contributed by atoms with Gasteiger partial charge in [0.15, 0.2) is 5.13 Å². The number of fused-ring (bicyclic) bond motifs is 3. The number of primary sulfonamides is 1. The first-order chi connectivity index (χ1) is 15.3. The van der Waals surface area contributed by atoms with Crippen LogP contribution in [0.15, 0.2) is 35.2 Å². The summed E-state index contributed by atoms with van der Waals surface area (Å²) in [6, 6.07) is 7.52. The van der Waals surface area contributed by atoms with Crippen LogP contribution in [-0.4, -0.2) is 35.2 Å². The maximum Gasteiger partial charge on any atom is 0.406 e. The average molecular weight is 500 g/mol. The van der Waals surface area contributed by atoms with Gasteiger partial charge in [0.05, 0.1) is 32.4 Å². The maximum absolute atomic E-state index is 13.2. The van der Waals surface area contributed by atoms with E-state index in [-0.39, 0.29) is 22.3 Å². The molecule has 0 spiro atoms. The number of nitrogens with one attached hydrogen (secondary N) is 1. The van der Waals surface area contributed by atoms with Crippen molar-refractivity contribution in [3.05, 3.63) is 36.2 Å². The van der Waals surface area contributed by atoms with Crippen molar-refractivity contribution in [2.75, 3.05) is 5.32 Å². The number of anilines is 2. The lowest BCUT2D eigenvalue weighted by Crippen LogP contribution is -2.18. The molecule has 0 fully saturated rings. The zero-order valence-corrected chi connectivity index (χ0v) is 19.4. The van der Waals surface area contributed by atoms with Crippen LogP contribution in [0, 0.1) is 6.92 Å². The van der Waals surface area contributed by atoms with Crippen molar-refractivity contribution in [2.24, 2.45) is 5.14 Å². The van der Waals surface area contributed by atoms with Crippen molar-refractivity contribution in [3.63, 3.8) is 0 Å². The molecular formula is C20H20F3N5O3S2. The van der Waals surface area contributed by atoms with Gasteiger partial charge in [0.1, 0.15) is 23.6 Å². The van der Waals surface area contributed by atoms with Gasteiger partial charge in [-0.15, -0.1) is 0 Å². The molecule has 0 amide bonds. The zero-order chi connectivity index (χ0) is 24.1. The predicted molar refractivity (Wildman–Crippen MR) is 121 cm³/mol. The number of halogens is 3. The number of ether oxygens (including phenoxy) is 1. The third-order valence-corrected chi connectivity index (χ3v) is 6.52. The summed E-state index contributed by atoms with van der Waals surface area (Å²) in [4.78, 5) is 8.61. The summed E-state index contributed by atoms with van der Waals surface area (Å²) in [6.07, 6.45) is -4.62. The number of sulfonamides is 1. The smallest absolute Gasteiger partial charge is 0.406 e. The summed E-state index contributed by atoms with van der Waals surface area (Å²) in [6.45, 7) is 3.96. The van der Waals surface area contributed by atoms with E-state index in [0.717, 1.165) is 4.57 Å². The number of aromatic nitrogens is 3. The summed E-state index contributed by atoms with van der Waals surface area (Å²) < 4.78 is 70.5. The third-order valence-electron chi connectivity index (χ3n) is 4.68. The Kier molecular flexibility index (Phi) is 5.75. The van der Waals surface area contributed by atoms with Crippen molar-refractivity contribution >= 4 is 53.4 Å². The van der Waals surface area contributed by atoms with Crippen molar-refractivity contribution in [3.8, 4) is 5.75 Å². The highest BCUT2D eigenvalue weighted by molar-refractivity contribution is 7.89. The molecular weight excluding hydrogens is 479 g/mol. The minimum absolute atomic E-state index is 0.122. The van der Waals surface area contributed by atoms with Gasteiger partial charge in [0.2, 0.25) is 10.0 Å². The van der Waals surface area contributed by atoms with E-state index < -0.39 is 22.7 Å². The van der Waals surface area contributed by atoms with Gasteiger partial charge in [0, 0.05) is 0 Å². The first kappa shape index (κ1) is 23.3. The van der Waals surface area contributed by atoms with Crippen molar-refractivity contribution in [1.82, 2.24) is 14.5 Å². The molecule has 0 aliphatic carbocycles. The molecule has 0 atom stereocenters. The molecule has 3 N–H and O–H groups in total. The van der Waals surface area contributed by atoms with E-state index in [1.807, 2.05) is 13.8 Å². The van der Waals surface area contributed by atoms with Gasteiger partial charge in [-0.2, -0.15) is 13.2 Å². The molecule has 0 radical (unpaired) electrons. The molecule has 8 nitrogen and oxygen atoms in total. The molecule has 0 saturated carbocycles. The molecule has 4 aromatic rings. The van der Waals surface area contributed by atoms with Crippen LogP contribution in [0.4, 0.5) is 24.0 Å². The van der Waals surface area contributed by atoms with E-state index >= 15 is 0 Å². The van der Waals surface area contributed by atoms with E-state index in [1.54, 1.807) is 12.1 Å². The van der Waals surface area contributed by atoms with E-state index in [0.29, 0.717) is 32.3 Å². The first-order valence-electron chi connectivity index (χ1n) is 9.75. The largest absolute Gasteiger partial charge is 0.489 e. The Morgan fingerprint density at radius 2 is 1.94 bits per heavy atom. The molecule has 0 aliphatic heterocycles. The third kappa shape index (κ3) is 4.89. The number of nitrogens with two attached hydrogens (primary N) is 1. The highest BCUT2D eigenvalue weighted by Gasteiger charge is 2.30. The molecule has 2 aromatic heterocycles. The number of aryl methyl sites for hydroxylation is 1. The molecule has 176 valence electrons. The van der Waals surface area contributed by atoms with Crippen LogP contribution < -0.4 is 15.2 Å². The van der Waals surface area contributed by atoms with Gasteiger partial charge in [-0.3, -0.25) is 0 Å². The number of thiazole rings is 1. The summed E-state index contributed by atoms with van der Waals surface area (Å²) in [5, 5.41) is 8.62. The lowest BCUT2D eigenvalue weighted by Gasteiger charge is -2.15. The second kappa shape index (κ2) is 8.15. The number of alkyl halides is 3. The van der Waals surface area contributed by atoms with Crippen LogP contribution in [-0.2, 0) is 16.6 Å². The first-order valence-corrected chi connectivity index (χ1v) is 12.1. The van der Waals surface area contributed by atoms with Gasteiger partial charge < -0.3 is 14.6 Å². The summed E-state index contributed by atoms with van der Waals surface area (Å²) in [7, 11) is -3.97. The Hall–Kier alpha value is -2.90. The van der Waals surface area contributed by atoms with Crippen LogP contribution in [0.1, 0.15) is 19.7 Å². The van der Waals surface area contributed by atoms with Gasteiger partial charge >= 0.3 is 6.18 Å². The van der Waals surface area contributed by atoms with E-state index in [2.05, 4.69) is 15.3 Å². The molecule has 4 rings (SSSR count). The lowest BCUT2D eigenvalue weighted by molar-refractivity contribution is -0.140. The molecule has 0 unspecified atom stereocenters. The Morgan fingerprint density at radius 1 is 1.21 bits per heavy atom. The molecule has 2 aromatic carbocycles. The highest BCUT2D eigenvalue weighted by Crippen LogP contribution is 2.37. The van der Waals surface area contributed by atoms with Crippen LogP contribution in [0.2, 0.25) is 0 Å². The molecule has 0 saturated heterocycles. The fourth-order valence-electron chi connectivity index (χ4n) is 3.40. The van der Waals surface area contributed by atoms with Gasteiger partial charge in [-0.05, 0) is 51.1 Å². The second-order valence-corrected chi connectivity index (χ2v) is 10.2. The van der Waals surface area contributed by atoms with Crippen LogP contribution >= 0.6 is 11.3 Å². The van der Waals surface area contributed by atoms with Crippen molar-refractivity contribution in [2.45, 2.75) is 44.5 Å². The fraction of sp³-hybridized carbons (Fsp3) is 0.300. The number of nitrogens with zero attached hydrogens (tertiary/aromatic N) is 3. The molecule has 33 heavy (non-hydrogen) atoms. The summed E-state index contributed by atoms with van der Waals surface area (Å²) in [5.74, 6) is 0.602. The molecule has 0 bridgehead atoms. The quantitative estimate of drug-likeness (QED) is 0.398.